The van der Waals surface area contributed by atoms with Gasteiger partial charge in [-0.3, -0.25) is 10.1 Å². The van der Waals surface area contributed by atoms with E-state index in [-0.39, 0.29) is 30.5 Å². The fourth-order valence-corrected chi connectivity index (χ4v) is 2.05. The van der Waals surface area contributed by atoms with E-state index in [9.17, 15) is 23.3 Å². The average molecular weight is 368 g/mol. The summed E-state index contributed by atoms with van der Waals surface area (Å²) in [4.78, 5) is 14.5. The van der Waals surface area contributed by atoms with Crippen LogP contribution in [0.25, 0.3) is 0 Å². The van der Waals surface area contributed by atoms with Gasteiger partial charge in [-0.15, -0.1) is 13.2 Å². The number of nitro groups is 1. The van der Waals surface area contributed by atoms with Crippen molar-refractivity contribution in [1.29, 1.82) is 0 Å². The monoisotopic (exact) mass is 368 g/mol. The lowest BCUT2D eigenvalue weighted by atomic mass is 10.2. The van der Waals surface area contributed by atoms with Gasteiger partial charge in [-0.2, -0.15) is 0 Å². The smallest absolute Gasteiger partial charge is 0.406 e. The highest BCUT2D eigenvalue weighted by Crippen LogP contribution is 2.23. The van der Waals surface area contributed by atoms with E-state index in [0.717, 1.165) is 0 Å². The molecule has 0 bridgehead atoms. The molecule has 0 radical (unpaired) electrons. The predicted molar refractivity (Wildman–Crippen MR) is 88.4 cm³/mol. The molecular formula is C16H15F3N4O3. The summed E-state index contributed by atoms with van der Waals surface area (Å²) in [7, 11) is 0. The summed E-state index contributed by atoms with van der Waals surface area (Å²) in [5.41, 5.74) is 6.74. The first-order valence-corrected chi connectivity index (χ1v) is 7.35. The normalized spacial score (nSPS) is 11.9. The van der Waals surface area contributed by atoms with E-state index in [1.165, 1.54) is 30.3 Å². The average Bonchev–Trinajstić information content (AvgIpc) is 2.58. The second kappa shape index (κ2) is 8.19. The molecule has 0 fully saturated rings. The Kier molecular flexibility index (Phi) is 5.99. The Morgan fingerprint density at radius 2 is 1.85 bits per heavy atom. The fraction of sp³-hybridized carbons (Fsp3) is 0.188. The number of nitro benzene ring substituents is 1. The molecule has 7 nitrogen and oxygen atoms in total. The molecule has 0 amide bonds. The number of rotatable bonds is 6. The molecule has 26 heavy (non-hydrogen) atoms. The number of hydrogen-bond donors (Lipinski definition) is 2. The Morgan fingerprint density at radius 3 is 2.46 bits per heavy atom. The SMILES string of the molecule is NC(=NCc1ccc(OC(F)(F)F)cc1)NCc1ccccc1[N+](=O)[O-]. The Balaban J connectivity index is 1.91. The number of para-hydroxylation sites is 1. The minimum atomic E-state index is -4.74. The van der Waals surface area contributed by atoms with Crippen LogP contribution in [0.2, 0.25) is 0 Å². The van der Waals surface area contributed by atoms with Crippen molar-refractivity contribution < 1.29 is 22.8 Å². The topological polar surface area (TPSA) is 103 Å². The Bertz CT molecular complexity index is 792. The van der Waals surface area contributed by atoms with Crippen LogP contribution in [0, 0.1) is 10.1 Å². The highest BCUT2D eigenvalue weighted by molar-refractivity contribution is 5.77. The maximum Gasteiger partial charge on any atom is 0.573 e. The highest BCUT2D eigenvalue weighted by atomic mass is 19.4. The molecule has 0 unspecified atom stereocenters. The van der Waals surface area contributed by atoms with Crippen LogP contribution in [0.15, 0.2) is 53.5 Å². The molecule has 2 aromatic carbocycles. The summed E-state index contributed by atoms with van der Waals surface area (Å²) < 4.78 is 40.0. The first-order chi connectivity index (χ1) is 12.2. The second-order valence-electron chi connectivity index (χ2n) is 5.13. The predicted octanol–water partition coefficient (Wildman–Crippen LogP) is 3.10. The molecule has 0 aliphatic heterocycles. The van der Waals surface area contributed by atoms with Gasteiger partial charge in [0.05, 0.1) is 11.5 Å². The maximum atomic E-state index is 12.1. The van der Waals surface area contributed by atoms with E-state index in [1.807, 2.05) is 0 Å². The van der Waals surface area contributed by atoms with Gasteiger partial charge in [0.2, 0.25) is 0 Å². The van der Waals surface area contributed by atoms with Gasteiger partial charge in [0.25, 0.3) is 5.69 Å². The number of hydrogen-bond acceptors (Lipinski definition) is 4. The van der Waals surface area contributed by atoms with Crippen molar-refractivity contribution in [2.45, 2.75) is 19.5 Å². The molecule has 0 aromatic heterocycles. The number of benzene rings is 2. The molecule has 138 valence electrons. The second-order valence-corrected chi connectivity index (χ2v) is 5.13. The summed E-state index contributed by atoms with van der Waals surface area (Å²) in [5.74, 6) is -0.272. The Hall–Kier alpha value is -3.30. The standard InChI is InChI=1S/C16H15F3N4O3/c17-16(18,19)26-13-7-5-11(6-8-13)9-21-15(20)22-10-12-3-1-2-4-14(12)23(24)25/h1-8H,9-10H2,(H3,20,21,22). The van der Waals surface area contributed by atoms with Crippen molar-refractivity contribution in [3.8, 4) is 5.75 Å². The van der Waals surface area contributed by atoms with E-state index in [4.69, 9.17) is 5.73 Å². The van der Waals surface area contributed by atoms with Gasteiger partial charge in [0.1, 0.15) is 5.75 Å². The summed E-state index contributed by atoms with van der Waals surface area (Å²) in [6.07, 6.45) is -4.74. The lowest BCUT2D eigenvalue weighted by Crippen LogP contribution is -2.31. The summed E-state index contributed by atoms with van der Waals surface area (Å²) in [5, 5.41) is 13.7. The van der Waals surface area contributed by atoms with Crippen LogP contribution in [0.5, 0.6) is 5.75 Å². The summed E-state index contributed by atoms with van der Waals surface area (Å²) in [6.45, 7) is 0.243. The molecule has 0 saturated carbocycles. The molecular weight excluding hydrogens is 353 g/mol. The first-order valence-electron chi connectivity index (χ1n) is 7.35. The minimum absolute atomic E-state index is 0.0342. The number of guanidine groups is 1. The number of nitrogens with one attached hydrogen (secondary N) is 1. The van der Waals surface area contributed by atoms with Gasteiger partial charge in [-0.25, -0.2) is 4.99 Å². The minimum Gasteiger partial charge on any atom is -0.406 e. The lowest BCUT2D eigenvalue weighted by molar-refractivity contribution is -0.385. The zero-order valence-electron chi connectivity index (χ0n) is 13.4. The van der Waals surface area contributed by atoms with Crippen LogP contribution in [0.1, 0.15) is 11.1 Å². The van der Waals surface area contributed by atoms with Gasteiger partial charge >= 0.3 is 6.36 Å². The van der Waals surface area contributed by atoms with Crippen LogP contribution >= 0.6 is 0 Å². The molecule has 0 aliphatic rings. The highest BCUT2D eigenvalue weighted by Gasteiger charge is 2.30. The van der Waals surface area contributed by atoms with Crippen LogP contribution in [-0.4, -0.2) is 17.2 Å². The van der Waals surface area contributed by atoms with E-state index in [1.54, 1.807) is 18.2 Å². The Labute approximate surface area is 146 Å². The van der Waals surface area contributed by atoms with Gasteiger partial charge in [-0.1, -0.05) is 30.3 Å². The number of ether oxygens (including phenoxy) is 1. The molecule has 10 heteroatoms. The van der Waals surface area contributed by atoms with Crippen LogP contribution in [0.4, 0.5) is 18.9 Å². The number of nitrogens with zero attached hydrogens (tertiary/aromatic N) is 2. The van der Waals surface area contributed by atoms with Gasteiger partial charge in [0.15, 0.2) is 5.96 Å². The van der Waals surface area contributed by atoms with Crippen molar-refractivity contribution in [2.24, 2.45) is 10.7 Å². The first kappa shape index (κ1) is 19.0. The van der Waals surface area contributed by atoms with Crippen molar-refractivity contribution in [3.63, 3.8) is 0 Å². The molecule has 0 spiro atoms. The fourth-order valence-electron chi connectivity index (χ4n) is 2.05. The molecule has 0 aliphatic carbocycles. The third-order valence-electron chi connectivity index (χ3n) is 3.24. The zero-order valence-corrected chi connectivity index (χ0v) is 13.4. The number of aliphatic imine (C=N–C) groups is 1. The number of nitrogens with two attached hydrogens (primary N) is 1. The van der Waals surface area contributed by atoms with Crippen molar-refractivity contribution >= 4 is 11.6 Å². The van der Waals surface area contributed by atoms with Crippen LogP contribution < -0.4 is 15.8 Å². The zero-order chi connectivity index (χ0) is 19.2. The van der Waals surface area contributed by atoms with Crippen molar-refractivity contribution in [3.05, 3.63) is 69.8 Å². The van der Waals surface area contributed by atoms with E-state index in [2.05, 4.69) is 15.0 Å². The van der Waals surface area contributed by atoms with Crippen LogP contribution in [0.3, 0.4) is 0 Å². The maximum absolute atomic E-state index is 12.1. The molecule has 0 heterocycles. The molecule has 0 atom stereocenters. The third-order valence-corrected chi connectivity index (χ3v) is 3.24. The van der Waals surface area contributed by atoms with E-state index < -0.39 is 11.3 Å². The van der Waals surface area contributed by atoms with E-state index in [0.29, 0.717) is 11.1 Å². The van der Waals surface area contributed by atoms with Gasteiger partial charge in [-0.05, 0) is 17.7 Å². The molecule has 2 rings (SSSR count). The van der Waals surface area contributed by atoms with Gasteiger partial charge < -0.3 is 15.8 Å². The molecule has 0 saturated heterocycles. The van der Waals surface area contributed by atoms with Crippen molar-refractivity contribution in [2.75, 3.05) is 0 Å². The quantitative estimate of drug-likeness (QED) is 0.353. The van der Waals surface area contributed by atoms with E-state index >= 15 is 0 Å². The van der Waals surface area contributed by atoms with Crippen LogP contribution in [-0.2, 0) is 13.1 Å². The third kappa shape index (κ3) is 5.96. The molecule has 2 aromatic rings. The lowest BCUT2D eigenvalue weighted by Gasteiger charge is -2.09. The summed E-state index contributed by atoms with van der Waals surface area (Å²) in [6, 6.07) is 11.4. The van der Waals surface area contributed by atoms with Crippen molar-refractivity contribution in [1.82, 2.24) is 5.32 Å². The largest absolute Gasteiger partial charge is 0.573 e. The van der Waals surface area contributed by atoms with Gasteiger partial charge in [0, 0.05) is 18.2 Å². The summed E-state index contributed by atoms with van der Waals surface area (Å²) >= 11 is 0. The molecule has 3 N–H and O–H groups in total. The Morgan fingerprint density at radius 1 is 1.19 bits per heavy atom. The number of alkyl halides is 3. The number of halogens is 3.